The fourth-order valence-corrected chi connectivity index (χ4v) is 9.46. The number of hydrogen-bond acceptors (Lipinski definition) is 4. The lowest BCUT2D eigenvalue weighted by atomic mass is 9.42. The second-order valence-corrected chi connectivity index (χ2v) is 13.6. The van der Waals surface area contributed by atoms with Crippen molar-refractivity contribution in [2.45, 2.75) is 116 Å². The first-order valence-electron chi connectivity index (χ1n) is 15.4. The number of aliphatic hydroxyl groups excluding tert-OH is 1. The summed E-state index contributed by atoms with van der Waals surface area (Å²) in [5.74, 6) is 3.95. The van der Waals surface area contributed by atoms with Gasteiger partial charge in [0.05, 0.1) is 12.7 Å². The molecular formula is C33H49NO4. The summed E-state index contributed by atoms with van der Waals surface area (Å²) in [6.07, 6.45) is 13.5. The molecule has 38 heavy (non-hydrogen) atoms. The van der Waals surface area contributed by atoms with E-state index in [1.807, 2.05) is 0 Å². The minimum atomic E-state index is -0.208. The van der Waals surface area contributed by atoms with Crippen LogP contribution in [0.15, 0.2) is 24.3 Å². The van der Waals surface area contributed by atoms with Crippen molar-refractivity contribution in [1.82, 2.24) is 0 Å². The average molecular weight is 524 g/mol. The Labute approximate surface area is 229 Å². The Balaban J connectivity index is 1.27. The van der Waals surface area contributed by atoms with Crippen molar-refractivity contribution >= 4 is 11.7 Å². The molecule has 4 aliphatic carbocycles. The predicted molar refractivity (Wildman–Crippen MR) is 150 cm³/mol. The normalized spacial score (nSPS) is 38.2. The van der Waals surface area contributed by atoms with Gasteiger partial charge in [-0.05, 0) is 109 Å². The van der Waals surface area contributed by atoms with Crippen LogP contribution in [0.25, 0.3) is 0 Å². The van der Waals surface area contributed by atoms with Gasteiger partial charge < -0.3 is 15.6 Å². The molecule has 5 nitrogen and oxygen atoms in total. The summed E-state index contributed by atoms with van der Waals surface area (Å²) in [6.45, 7) is 5.58. The zero-order chi connectivity index (χ0) is 26.9. The van der Waals surface area contributed by atoms with E-state index in [-0.39, 0.29) is 22.8 Å². The smallest absolute Gasteiger partial charge is 0.217 e. The van der Waals surface area contributed by atoms with Crippen LogP contribution in [0.3, 0.4) is 0 Å². The highest BCUT2D eigenvalue weighted by molar-refractivity contribution is 5.79. The summed E-state index contributed by atoms with van der Waals surface area (Å²) >= 11 is 0. The number of rotatable bonds is 10. The zero-order valence-corrected chi connectivity index (χ0v) is 23.6. The second kappa shape index (κ2) is 11.3. The lowest BCUT2D eigenvalue weighted by Gasteiger charge is -2.62. The van der Waals surface area contributed by atoms with E-state index in [1.54, 1.807) is 0 Å². The summed E-state index contributed by atoms with van der Waals surface area (Å²) in [4.78, 5) is 23.3. The SMILES string of the molecule is C[C@]12CCC(=O)C[C@@H]1CC[C@@H]1[C@@H]2[C@@H](c2ccc(OCCCCCCCC(N)=O)cc2)C[C@]2(C)[C@@H](O)CC[C@@H]12. The van der Waals surface area contributed by atoms with Crippen molar-refractivity contribution in [2.75, 3.05) is 6.61 Å². The third-order valence-corrected chi connectivity index (χ3v) is 11.5. The van der Waals surface area contributed by atoms with Crippen LogP contribution in [0, 0.1) is 34.5 Å². The number of carbonyl (C=O) groups excluding carboxylic acids is 2. The molecule has 0 spiro atoms. The van der Waals surface area contributed by atoms with Crippen LogP contribution < -0.4 is 10.5 Å². The first-order valence-corrected chi connectivity index (χ1v) is 15.4. The van der Waals surface area contributed by atoms with Crippen molar-refractivity contribution in [3.05, 3.63) is 29.8 Å². The van der Waals surface area contributed by atoms with Crippen LogP contribution in [-0.2, 0) is 9.59 Å². The minimum absolute atomic E-state index is 0.00781. The molecule has 0 radical (unpaired) electrons. The molecule has 4 aliphatic rings. The molecule has 4 fully saturated rings. The lowest BCUT2D eigenvalue weighted by Crippen LogP contribution is -2.56. The molecule has 0 saturated heterocycles. The van der Waals surface area contributed by atoms with Gasteiger partial charge in [0.2, 0.25) is 5.91 Å². The first kappa shape index (κ1) is 27.7. The van der Waals surface area contributed by atoms with Gasteiger partial charge in [0, 0.05) is 19.3 Å². The van der Waals surface area contributed by atoms with Gasteiger partial charge in [-0.15, -0.1) is 0 Å². The summed E-state index contributed by atoms with van der Waals surface area (Å²) in [5.41, 5.74) is 6.79. The number of primary amides is 1. The minimum Gasteiger partial charge on any atom is -0.494 e. The van der Waals surface area contributed by atoms with E-state index in [2.05, 4.69) is 38.1 Å². The Hall–Kier alpha value is -1.88. The van der Waals surface area contributed by atoms with E-state index < -0.39 is 0 Å². The van der Waals surface area contributed by atoms with Crippen LogP contribution in [0.5, 0.6) is 5.75 Å². The number of fused-ring (bicyclic) bond motifs is 5. The Morgan fingerprint density at radius 1 is 1.00 bits per heavy atom. The number of unbranched alkanes of at least 4 members (excludes halogenated alkanes) is 4. The number of ketones is 1. The molecule has 0 unspecified atom stereocenters. The van der Waals surface area contributed by atoms with Crippen LogP contribution in [0.1, 0.15) is 115 Å². The first-order chi connectivity index (χ1) is 18.2. The quantitative estimate of drug-likeness (QED) is 0.340. The van der Waals surface area contributed by atoms with Gasteiger partial charge >= 0.3 is 0 Å². The van der Waals surface area contributed by atoms with Crippen molar-refractivity contribution in [1.29, 1.82) is 0 Å². The number of amides is 1. The molecule has 5 rings (SSSR count). The molecule has 0 bridgehead atoms. The Morgan fingerprint density at radius 2 is 1.74 bits per heavy atom. The predicted octanol–water partition coefficient (Wildman–Crippen LogP) is 6.56. The van der Waals surface area contributed by atoms with E-state index in [9.17, 15) is 14.7 Å². The number of nitrogens with two attached hydrogens (primary N) is 1. The topological polar surface area (TPSA) is 89.6 Å². The highest BCUT2D eigenvalue weighted by atomic mass is 16.5. The molecule has 3 N–H and O–H groups in total. The van der Waals surface area contributed by atoms with E-state index in [0.717, 1.165) is 76.4 Å². The number of hydrogen-bond donors (Lipinski definition) is 2. The summed E-state index contributed by atoms with van der Waals surface area (Å²) in [6, 6.07) is 8.85. The molecule has 4 saturated carbocycles. The van der Waals surface area contributed by atoms with Crippen molar-refractivity contribution < 1.29 is 19.4 Å². The van der Waals surface area contributed by atoms with Crippen LogP contribution in [0.2, 0.25) is 0 Å². The lowest BCUT2D eigenvalue weighted by molar-refractivity contribution is -0.147. The zero-order valence-electron chi connectivity index (χ0n) is 23.6. The van der Waals surface area contributed by atoms with E-state index in [1.165, 1.54) is 18.4 Å². The number of aliphatic hydroxyl groups is 1. The maximum Gasteiger partial charge on any atom is 0.217 e. The van der Waals surface area contributed by atoms with Gasteiger partial charge in [-0.3, -0.25) is 9.59 Å². The van der Waals surface area contributed by atoms with Crippen molar-refractivity contribution in [3.63, 3.8) is 0 Å². The van der Waals surface area contributed by atoms with E-state index in [4.69, 9.17) is 10.5 Å². The molecule has 0 aromatic heterocycles. The Morgan fingerprint density at radius 3 is 2.50 bits per heavy atom. The van der Waals surface area contributed by atoms with Crippen LogP contribution in [0.4, 0.5) is 0 Å². The molecule has 1 aromatic rings. The molecule has 5 heteroatoms. The van der Waals surface area contributed by atoms with Gasteiger partial charge in [0.1, 0.15) is 11.5 Å². The van der Waals surface area contributed by atoms with E-state index in [0.29, 0.717) is 48.4 Å². The average Bonchev–Trinajstić information content (AvgIpc) is 3.19. The Kier molecular flexibility index (Phi) is 8.24. The third-order valence-electron chi connectivity index (χ3n) is 11.5. The molecule has 1 amide bonds. The van der Waals surface area contributed by atoms with E-state index >= 15 is 0 Å². The highest BCUT2D eigenvalue weighted by Crippen LogP contribution is 2.69. The van der Waals surface area contributed by atoms with Gasteiger partial charge in [-0.2, -0.15) is 0 Å². The summed E-state index contributed by atoms with van der Waals surface area (Å²) < 4.78 is 6.07. The van der Waals surface area contributed by atoms with Crippen molar-refractivity contribution in [3.8, 4) is 5.75 Å². The molecule has 0 heterocycles. The fraction of sp³-hybridized carbons (Fsp3) is 0.758. The number of Topliss-reactive ketones (excluding diaryl/α,β-unsaturated/α-hetero) is 1. The largest absolute Gasteiger partial charge is 0.494 e. The number of ether oxygens (including phenoxy) is 1. The number of carbonyl (C=O) groups is 2. The van der Waals surface area contributed by atoms with Gasteiger partial charge in [0.15, 0.2) is 0 Å². The Bertz CT molecular complexity index is 991. The maximum atomic E-state index is 12.4. The van der Waals surface area contributed by atoms with Crippen molar-refractivity contribution in [2.24, 2.45) is 40.2 Å². The molecular weight excluding hydrogens is 474 g/mol. The number of benzene rings is 1. The molecule has 1 aromatic carbocycles. The molecule has 8 atom stereocenters. The molecule has 0 aliphatic heterocycles. The van der Waals surface area contributed by atoms with Crippen LogP contribution in [-0.4, -0.2) is 29.5 Å². The molecule has 210 valence electrons. The fourth-order valence-electron chi connectivity index (χ4n) is 9.46. The summed E-state index contributed by atoms with van der Waals surface area (Å²) in [7, 11) is 0. The monoisotopic (exact) mass is 523 g/mol. The maximum absolute atomic E-state index is 12.4. The third kappa shape index (κ3) is 5.29. The van der Waals surface area contributed by atoms with Crippen LogP contribution >= 0.6 is 0 Å². The standard InChI is InChI=1S/C33H49NO4/c1-32-18-17-24(35)20-23(32)11-14-26-28-15-16-29(36)33(28,2)21-27(31(26)32)22-9-12-25(13-10-22)38-19-7-5-3-4-6-8-30(34)37/h9-10,12-13,23,26-29,31,36H,3-8,11,14-21H2,1-2H3,(H2,34,37)/t23-,26-,27+,28-,29-,31+,32-,33-/m0/s1. The van der Waals surface area contributed by atoms with Gasteiger partial charge in [-0.25, -0.2) is 0 Å². The van der Waals surface area contributed by atoms with Gasteiger partial charge in [-0.1, -0.05) is 45.2 Å². The second-order valence-electron chi connectivity index (χ2n) is 13.6. The summed E-state index contributed by atoms with van der Waals surface area (Å²) in [5, 5.41) is 11.1. The highest BCUT2D eigenvalue weighted by Gasteiger charge is 2.63. The van der Waals surface area contributed by atoms with Gasteiger partial charge in [0.25, 0.3) is 0 Å².